The lowest BCUT2D eigenvalue weighted by molar-refractivity contribution is 0.395. The molecule has 1 aromatic carbocycles. The average molecular weight is 390 g/mol. The molecule has 4 rings (SSSR count). The molecule has 0 aliphatic rings. The van der Waals surface area contributed by atoms with Crippen LogP contribution in [0.1, 0.15) is 25.5 Å². The van der Waals surface area contributed by atoms with Gasteiger partial charge in [0.25, 0.3) is 5.78 Å². The van der Waals surface area contributed by atoms with Gasteiger partial charge in [0, 0.05) is 30.1 Å². The number of hydrogen-bond acceptors (Lipinski definition) is 7. The molecule has 3 heterocycles. The monoisotopic (exact) mass is 390 g/mol. The minimum absolute atomic E-state index is 0.233. The number of anilines is 2. The Morgan fingerprint density at radius 1 is 1.03 bits per heavy atom. The summed E-state index contributed by atoms with van der Waals surface area (Å²) in [6.45, 7) is 4.18. The van der Waals surface area contributed by atoms with Crippen LogP contribution in [0.5, 0.6) is 11.5 Å². The minimum atomic E-state index is 0.233. The van der Waals surface area contributed by atoms with Crippen molar-refractivity contribution in [3.8, 4) is 22.9 Å². The van der Waals surface area contributed by atoms with Gasteiger partial charge in [-0.25, -0.2) is 4.98 Å². The highest BCUT2D eigenvalue weighted by atomic mass is 16.5. The second kappa shape index (κ2) is 7.75. The van der Waals surface area contributed by atoms with Gasteiger partial charge in [0.2, 0.25) is 0 Å². The Labute approximate surface area is 168 Å². The molecule has 3 aromatic heterocycles. The van der Waals surface area contributed by atoms with E-state index in [9.17, 15) is 0 Å². The van der Waals surface area contributed by atoms with Crippen LogP contribution in [0.15, 0.2) is 48.8 Å². The Morgan fingerprint density at radius 3 is 2.59 bits per heavy atom. The van der Waals surface area contributed by atoms with E-state index >= 15 is 0 Å². The molecule has 8 heteroatoms. The first-order valence-corrected chi connectivity index (χ1v) is 9.26. The van der Waals surface area contributed by atoms with E-state index in [0.29, 0.717) is 17.4 Å². The number of rotatable bonds is 6. The third-order valence-electron chi connectivity index (χ3n) is 4.51. The number of hydrogen-bond donors (Lipinski definition) is 1. The summed E-state index contributed by atoms with van der Waals surface area (Å²) in [6.07, 6.45) is 3.45. The van der Waals surface area contributed by atoms with Crippen molar-refractivity contribution in [2.75, 3.05) is 19.5 Å². The number of nitrogens with one attached hydrogen (secondary N) is 1. The lowest BCUT2D eigenvalue weighted by atomic mass is 10.1. The van der Waals surface area contributed by atoms with Crippen molar-refractivity contribution in [1.82, 2.24) is 24.6 Å². The van der Waals surface area contributed by atoms with E-state index < -0.39 is 0 Å². The van der Waals surface area contributed by atoms with Crippen LogP contribution in [-0.2, 0) is 0 Å². The zero-order valence-corrected chi connectivity index (χ0v) is 16.7. The van der Waals surface area contributed by atoms with Gasteiger partial charge < -0.3 is 14.8 Å². The zero-order valence-electron chi connectivity index (χ0n) is 16.7. The molecule has 0 fully saturated rings. The molecule has 1 N–H and O–H groups in total. The summed E-state index contributed by atoms with van der Waals surface area (Å²) < 4.78 is 12.5. The summed E-state index contributed by atoms with van der Waals surface area (Å²) in [6, 6.07) is 11.3. The lowest BCUT2D eigenvalue weighted by Gasteiger charge is -2.14. The average Bonchev–Trinajstić information content (AvgIpc) is 3.19. The van der Waals surface area contributed by atoms with Crippen molar-refractivity contribution in [3.05, 3.63) is 54.5 Å². The quantitative estimate of drug-likeness (QED) is 0.531. The van der Waals surface area contributed by atoms with E-state index in [1.807, 2.05) is 36.4 Å². The van der Waals surface area contributed by atoms with E-state index in [4.69, 9.17) is 9.47 Å². The number of methoxy groups -OCH3 is 2. The van der Waals surface area contributed by atoms with Crippen LogP contribution in [0.25, 0.3) is 17.2 Å². The molecular weight excluding hydrogens is 368 g/mol. The van der Waals surface area contributed by atoms with Gasteiger partial charge in [-0.3, -0.25) is 4.98 Å². The smallest absolute Gasteiger partial charge is 0.254 e. The highest BCUT2D eigenvalue weighted by Gasteiger charge is 2.16. The Kier molecular flexibility index (Phi) is 4.99. The summed E-state index contributed by atoms with van der Waals surface area (Å²) in [5.41, 5.74) is 2.53. The van der Waals surface area contributed by atoms with Gasteiger partial charge in [0.05, 0.1) is 25.6 Å². The van der Waals surface area contributed by atoms with Gasteiger partial charge in [-0.15, -0.1) is 5.10 Å². The first kappa shape index (κ1) is 18.7. The molecule has 29 heavy (non-hydrogen) atoms. The van der Waals surface area contributed by atoms with Crippen molar-refractivity contribution in [1.29, 1.82) is 0 Å². The molecule has 0 saturated heterocycles. The fourth-order valence-electron chi connectivity index (χ4n) is 2.93. The fraction of sp³-hybridized carbons (Fsp3) is 0.238. The molecule has 0 radical (unpaired) electrons. The minimum Gasteiger partial charge on any atom is -0.497 e. The number of benzene rings is 1. The van der Waals surface area contributed by atoms with Crippen molar-refractivity contribution in [2.24, 2.45) is 0 Å². The van der Waals surface area contributed by atoms with Gasteiger partial charge >= 0.3 is 0 Å². The van der Waals surface area contributed by atoms with Crippen LogP contribution in [0.3, 0.4) is 0 Å². The molecule has 4 aromatic rings. The highest BCUT2D eigenvalue weighted by Crippen LogP contribution is 2.32. The number of aromatic nitrogens is 5. The van der Waals surface area contributed by atoms with Crippen molar-refractivity contribution >= 4 is 17.3 Å². The Balaban J connectivity index is 1.83. The maximum atomic E-state index is 5.51. The summed E-state index contributed by atoms with van der Waals surface area (Å²) in [5.74, 6) is 3.44. The number of ether oxygens (including phenoxy) is 2. The largest absolute Gasteiger partial charge is 0.497 e. The van der Waals surface area contributed by atoms with Gasteiger partial charge in [-0.1, -0.05) is 13.8 Å². The van der Waals surface area contributed by atoms with E-state index in [1.54, 1.807) is 31.1 Å². The maximum Gasteiger partial charge on any atom is 0.254 e. The van der Waals surface area contributed by atoms with E-state index in [0.717, 1.165) is 28.5 Å². The van der Waals surface area contributed by atoms with Crippen molar-refractivity contribution in [2.45, 2.75) is 19.8 Å². The van der Waals surface area contributed by atoms with Crippen LogP contribution in [0.4, 0.5) is 11.5 Å². The molecule has 0 saturated carbocycles. The molecule has 0 unspecified atom stereocenters. The van der Waals surface area contributed by atoms with Crippen LogP contribution in [0, 0.1) is 0 Å². The maximum absolute atomic E-state index is 5.51. The summed E-state index contributed by atoms with van der Waals surface area (Å²) in [7, 11) is 3.25. The third kappa shape index (κ3) is 3.69. The standard InChI is InChI=1S/C21H22N6O2/c1-13(2)17-11-19(23-16-8-7-15(28-3)10-18(16)29-4)27-21(24-17)25-20(26-27)14-6-5-9-22-12-14/h5-13,23H,1-4H3. The molecule has 0 aliphatic carbocycles. The second-order valence-electron chi connectivity index (χ2n) is 6.80. The van der Waals surface area contributed by atoms with Crippen LogP contribution in [-0.4, -0.2) is 38.8 Å². The normalized spacial score (nSPS) is 11.1. The topological polar surface area (TPSA) is 86.5 Å². The van der Waals surface area contributed by atoms with E-state index in [1.165, 1.54) is 0 Å². The zero-order chi connectivity index (χ0) is 20.4. The molecule has 0 bridgehead atoms. The first-order chi connectivity index (χ1) is 14.1. The summed E-state index contributed by atoms with van der Waals surface area (Å²) in [4.78, 5) is 13.4. The molecular formula is C21H22N6O2. The van der Waals surface area contributed by atoms with Gasteiger partial charge in [-0.2, -0.15) is 9.50 Å². The predicted octanol–water partition coefficient (Wildman–Crippen LogP) is 4.07. The van der Waals surface area contributed by atoms with E-state index in [-0.39, 0.29) is 5.92 Å². The van der Waals surface area contributed by atoms with Gasteiger partial charge in [0.1, 0.15) is 17.3 Å². The summed E-state index contributed by atoms with van der Waals surface area (Å²) >= 11 is 0. The third-order valence-corrected chi connectivity index (χ3v) is 4.51. The Bertz CT molecular complexity index is 1140. The highest BCUT2D eigenvalue weighted by molar-refractivity contribution is 5.68. The van der Waals surface area contributed by atoms with Crippen LogP contribution >= 0.6 is 0 Å². The number of pyridine rings is 1. The lowest BCUT2D eigenvalue weighted by Crippen LogP contribution is -2.06. The molecule has 0 spiro atoms. The second-order valence-corrected chi connectivity index (χ2v) is 6.80. The Morgan fingerprint density at radius 2 is 1.90 bits per heavy atom. The fourth-order valence-corrected chi connectivity index (χ4v) is 2.93. The molecule has 8 nitrogen and oxygen atoms in total. The predicted molar refractivity (Wildman–Crippen MR) is 111 cm³/mol. The van der Waals surface area contributed by atoms with Gasteiger partial charge in [-0.05, 0) is 30.2 Å². The molecule has 0 aliphatic heterocycles. The van der Waals surface area contributed by atoms with Crippen molar-refractivity contribution < 1.29 is 9.47 Å². The number of fused-ring (bicyclic) bond motifs is 1. The Hall–Kier alpha value is -3.68. The van der Waals surface area contributed by atoms with Crippen molar-refractivity contribution in [3.63, 3.8) is 0 Å². The van der Waals surface area contributed by atoms with Gasteiger partial charge in [0.15, 0.2) is 5.82 Å². The summed E-state index contributed by atoms with van der Waals surface area (Å²) in [5, 5.41) is 8.05. The molecule has 148 valence electrons. The molecule has 0 atom stereocenters. The van der Waals surface area contributed by atoms with E-state index in [2.05, 4.69) is 39.2 Å². The van der Waals surface area contributed by atoms with Crippen LogP contribution < -0.4 is 14.8 Å². The number of nitrogens with zero attached hydrogens (tertiary/aromatic N) is 5. The molecule has 0 amide bonds. The first-order valence-electron chi connectivity index (χ1n) is 9.26. The van der Waals surface area contributed by atoms with Crippen LogP contribution in [0.2, 0.25) is 0 Å². The SMILES string of the molecule is COc1ccc(Nc2cc(C(C)C)nc3nc(-c4cccnc4)nn23)c(OC)c1.